The highest BCUT2D eigenvalue weighted by molar-refractivity contribution is 5.76. The van der Waals surface area contributed by atoms with Gasteiger partial charge in [-0.2, -0.15) is 0 Å². The minimum absolute atomic E-state index is 0.139. The molecule has 1 aliphatic heterocycles. The molecule has 20 heavy (non-hydrogen) atoms. The van der Waals surface area contributed by atoms with Crippen molar-refractivity contribution in [3.8, 4) is 0 Å². The molecule has 1 aromatic carbocycles. The van der Waals surface area contributed by atoms with E-state index in [2.05, 4.69) is 5.32 Å². The molecular weight excluding hydrogens is 263 g/mol. The third-order valence-corrected chi connectivity index (χ3v) is 3.11. The van der Waals surface area contributed by atoms with Gasteiger partial charge in [-0.05, 0) is 24.1 Å². The number of aryl methyl sites for hydroxylation is 1. The first kappa shape index (κ1) is 14.3. The smallest absolute Gasteiger partial charge is 0.410 e. The number of benzene rings is 1. The summed E-state index contributed by atoms with van der Waals surface area (Å²) in [6.07, 6.45) is 0.0862. The zero-order valence-corrected chi connectivity index (χ0v) is 11.3. The minimum Gasteiger partial charge on any atom is -0.442 e. The Labute approximate surface area is 116 Å². The van der Waals surface area contributed by atoms with E-state index in [9.17, 15) is 14.0 Å². The largest absolute Gasteiger partial charge is 0.442 e. The lowest BCUT2D eigenvalue weighted by Crippen LogP contribution is -2.34. The molecule has 6 heteroatoms. The van der Waals surface area contributed by atoms with E-state index in [4.69, 9.17) is 4.74 Å². The molecule has 1 heterocycles. The zero-order valence-electron chi connectivity index (χ0n) is 11.3. The SMILES string of the molecule is CN1CC(CNC(=O)CCc2cccc(F)c2)OC1=O. The summed E-state index contributed by atoms with van der Waals surface area (Å²) in [5.41, 5.74) is 0.784. The maximum Gasteiger partial charge on any atom is 0.410 e. The van der Waals surface area contributed by atoms with Crippen LogP contribution in [0.25, 0.3) is 0 Å². The van der Waals surface area contributed by atoms with Crippen molar-refractivity contribution in [2.24, 2.45) is 0 Å². The Morgan fingerprint density at radius 1 is 1.55 bits per heavy atom. The summed E-state index contributed by atoms with van der Waals surface area (Å²) < 4.78 is 18.0. The number of hydrogen-bond acceptors (Lipinski definition) is 3. The molecule has 5 nitrogen and oxygen atoms in total. The quantitative estimate of drug-likeness (QED) is 0.885. The Hall–Kier alpha value is -2.11. The zero-order chi connectivity index (χ0) is 14.5. The van der Waals surface area contributed by atoms with Gasteiger partial charge in [0.1, 0.15) is 11.9 Å². The second-order valence-corrected chi connectivity index (χ2v) is 4.82. The van der Waals surface area contributed by atoms with Crippen molar-refractivity contribution in [3.05, 3.63) is 35.6 Å². The van der Waals surface area contributed by atoms with Gasteiger partial charge in [0.25, 0.3) is 0 Å². The lowest BCUT2D eigenvalue weighted by molar-refractivity contribution is -0.121. The van der Waals surface area contributed by atoms with Gasteiger partial charge in [0.2, 0.25) is 5.91 Å². The number of halogens is 1. The van der Waals surface area contributed by atoms with E-state index < -0.39 is 0 Å². The number of likely N-dealkylation sites (N-methyl/N-ethyl adjacent to an activating group) is 1. The van der Waals surface area contributed by atoms with Crippen LogP contribution < -0.4 is 5.32 Å². The van der Waals surface area contributed by atoms with Crippen LogP contribution in [0.5, 0.6) is 0 Å². The lowest BCUT2D eigenvalue weighted by atomic mass is 10.1. The summed E-state index contributed by atoms with van der Waals surface area (Å²) in [5.74, 6) is -0.441. The van der Waals surface area contributed by atoms with Gasteiger partial charge in [0.05, 0.1) is 13.1 Å². The van der Waals surface area contributed by atoms with E-state index in [1.54, 1.807) is 19.2 Å². The third kappa shape index (κ3) is 3.94. The predicted molar refractivity (Wildman–Crippen MR) is 70.6 cm³/mol. The second kappa shape index (κ2) is 6.36. The fourth-order valence-corrected chi connectivity index (χ4v) is 2.02. The van der Waals surface area contributed by atoms with E-state index in [0.29, 0.717) is 19.5 Å². The molecule has 2 rings (SSSR count). The molecule has 0 saturated carbocycles. The molecule has 2 amide bonds. The van der Waals surface area contributed by atoms with Crippen LogP contribution in [0.4, 0.5) is 9.18 Å². The van der Waals surface area contributed by atoms with E-state index in [1.807, 2.05) is 0 Å². The Kier molecular flexibility index (Phi) is 4.55. The highest BCUT2D eigenvalue weighted by Gasteiger charge is 2.28. The van der Waals surface area contributed by atoms with Crippen LogP contribution in [0.2, 0.25) is 0 Å². The van der Waals surface area contributed by atoms with Crippen LogP contribution in [-0.2, 0) is 16.0 Å². The van der Waals surface area contributed by atoms with Gasteiger partial charge in [-0.15, -0.1) is 0 Å². The summed E-state index contributed by atoms with van der Waals surface area (Å²) in [5, 5.41) is 2.71. The fraction of sp³-hybridized carbons (Fsp3) is 0.429. The molecule has 0 aromatic heterocycles. The molecule has 0 aliphatic carbocycles. The first-order chi connectivity index (χ1) is 9.54. The van der Waals surface area contributed by atoms with Crippen molar-refractivity contribution < 1.29 is 18.7 Å². The lowest BCUT2D eigenvalue weighted by Gasteiger charge is -2.09. The predicted octanol–water partition coefficient (Wildman–Crippen LogP) is 1.33. The average molecular weight is 280 g/mol. The fourth-order valence-electron chi connectivity index (χ4n) is 2.02. The molecule has 1 unspecified atom stereocenters. The second-order valence-electron chi connectivity index (χ2n) is 4.82. The maximum atomic E-state index is 13.0. The van der Waals surface area contributed by atoms with Crippen molar-refractivity contribution in [2.45, 2.75) is 18.9 Å². The molecule has 1 fully saturated rings. The Bertz CT molecular complexity index is 507. The molecule has 1 atom stereocenters. The Morgan fingerprint density at radius 3 is 3.00 bits per heavy atom. The van der Waals surface area contributed by atoms with Crippen molar-refractivity contribution >= 4 is 12.0 Å². The molecule has 1 aliphatic rings. The molecule has 1 N–H and O–H groups in total. The van der Waals surface area contributed by atoms with Crippen LogP contribution in [0.15, 0.2) is 24.3 Å². The number of ether oxygens (including phenoxy) is 1. The van der Waals surface area contributed by atoms with Gasteiger partial charge in [0, 0.05) is 13.5 Å². The number of amides is 2. The van der Waals surface area contributed by atoms with Crippen LogP contribution in [0, 0.1) is 5.82 Å². The number of nitrogens with zero attached hydrogens (tertiary/aromatic N) is 1. The van der Waals surface area contributed by atoms with Crippen LogP contribution in [0.3, 0.4) is 0 Å². The van der Waals surface area contributed by atoms with Gasteiger partial charge in [-0.25, -0.2) is 9.18 Å². The highest BCUT2D eigenvalue weighted by Crippen LogP contribution is 2.08. The van der Waals surface area contributed by atoms with E-state index >= 15 is 0 Å². The molecular formula is C14H17FN2O3. The highest BCUT2D eigenvalue weighted by atomic mass is 19.1. The maximum absolute atomic E-state index is 13.0. The average Bonchev–Trinajstić information content (AvgIpc) is 2.73. The van der Waals surface area contributed by atoms with E-state index in [0.717, 1.165) is 5.56 Å². The first-order valence-corrected chi connectivity index (χ1v) is 6.47. The van der Waals surface area contributed by atoms with Crippen molar-refractivity contribution in [1.82, 2.24) is 10.2 Å². The molecule has 1 saturated heterocycles. The monoisotopic (exact) mass is 280 g/mol. The van der Waals surface area contributed by atoms with Gasteiger partial charge >= 0.3 is 6.09 Å². The van der Waals surface area contributed by atoms with Crippen molar-refractivity contribution in [2.75, 3.05) is 20.1 Å². The standard InChI is InChI=1S/C14H17FN2O3/c1-17-9-12(20-14(17)19)8-16-13(18)6-5-10-3-2-4-11(15)7-10/h2-4,7,12H,5-6,8-9H2,1H3,(H,16,18). The Morgan fingerprint density at radius 2 is 2.35 bits per heavy atom. The topological polar surface area (TPSA) is 58.6 Å². The van der Waals surface area contributed by atoms with E-state index in [1.165, 1.54) is 17.0 Å². The molecule has 108 valence electrons. The number of hydrogen-bond donors (Lipinski definition) is 1. The van der Waals surface area contributed by atoms with E-state index in [-0.39, 0.29) is 30.3 Å². The van der Waals surface area contributed by atoms with Crippen LogP contribution >= 0.6 is 0 Å². The first-order valence-electron chi connectivity index (χ1n) is 6.47. The summed E-state index contributed by atoms with van der Waals surface area (Å²) >= 11 is 0. The summed E-state index contributed by atoms with van der Waals surface area (Å²) in [4.78, 5) is 24.3. The number of carbonyl (C=O) groups is 2. The normalized spacial score (nSPS) is 18.0. The van der Waals surface area contributed by atoms with Gasteiger partial charge < -0.3 is 15.0 Å². The third-order valence-electron chi connectivity index (χ3n) is 3.11. The Balaban J connectivity index is 1.70. The van der Waals surface area contributed by atoms with Gasteiger partial charge in [-0.1, -0.05) is 12.1 Å². The number of nitrogens with one attached hydrogen (secondary N) is 1. The number of carbonyl (C=O) groups excluding carboxylic acids is 2. The summed E-state index contributed by atoms with van der Waals surface area (Å²) in [6, 6.07) is 6.19. The number of rotatable bonds is 5. The van der Waals surface area contributed by atoms with Crippen molar-refractivity contribution in [3.63, 3.8) is 0 Å². The van der Waals surface area contributed by atoms with Crippen molar-refractivity contribution in [1.29, 1.82) is 0 Å². The molecule has 1 aromatic rings. The summed E-state index contributed by atoms with van der Waals surface area (Å²) in [7, 11) is 1.65. The molecule has 0 radical (unpaired) electrons. The number of cyclic esters (lactones) is 1. The summed E-state index contributed by atoms with van der Waals surface area (Å²) in [6.45, 7) is 0.779. The van der Waals surface area contributed by atoms with Crippen LogP contribution in [0.1, 0.15) is 12.0 Å². The molecule has 0 spiro atoms. The molecule has 0 bridgehead atoms. The van der Waals surface area contributed by atoms with Crippen LogP contribution in [-0.4, -0.2) is 43.1 Å². The van der Waals surface area contributed by atoms with Gasteiger partial charge in [0.15, 0.2) is 0 Å². The minimum atomic E-state index is -0.371. The van der Waals surface area contributed by atoms with Gasteiger partial charge in [-0.3, -0.25) is 4.79 Å².